The van der Waals surface area contributed by atoms with Crippen molar-refractivity contribution in [2.24, 2.45) is 0 Å². The summed E-state index contributed by atoms with van der Waals surface area (Å²) in [6, 6.07) is 16.0. The monoisotopic (exact) mass is 231 g/mol. The van der Waals surface area contributed by atoms with Gasteiger partial charge in [0.25, 0.3) is 0 Å². The molecule has 0 bridgehead atoms. The molecule has 2 aromatic heterocycles. The van der Waals surface area contributed by atoms with Crippen LogP contribution in [-0.4, -0.2) is 15.0 Å². The molecule has 2 heterocycles. The van der Waals surface area contributed by atoms with Crippen LogP contribution in [0.3, 0.4) is 0 Å². The Hall–Kier alpha value is -2.55. The molecule has 4 rings (SSSR count). The van der Waals surface area contributed by atoms with Crippen molar-refractivity contribution >= 4 is 33.0 Å². The molecule has 0 radical (unpaired) electrons. The van der Waals surface area contributed by atoms with E-state index in [-0.39, 0.29) is 0 Å². The molecular formula is C15H9N3. The summed E-state index contributed by atoms with van der Waals surface area (Å²) in [4.78, 5) is 13.6. The number of hydrogen-bond donors (Lipinski definition) is 0. The van der Waals surface area contributed by atoms with Crippen LogP contribution in [0, 0.1) is 0 Å². The van der Waals surface area contributed by atoms with Crippen molar-refractivity contribution in [2.45, 2.75) is 0 Å². The van der Waals surface area contributed by atoms with Gasteiger partial charge in [-0.3, -0.25) is 0 Å². The Morgan fingerprint density at radius 1 is 0.722 bits per heavy atom. The maximum absolute atomic E-state index is 4.68. The van der Waals surface area contributed by atoms with Gasteiger partial charge in [0.05, 0.1) is 11.0 Å². The number of pyridine rings is 1. The summed E-state index contributed by atoms with van der Waals surface area (Å²) in [5.74, 6) is 0. The number of rotatable bonds is 0. The van der Waals surface area contributed by atoms with Crippen LogP contribution in [0.4, 0.5) is 0 Å². The molecule has 4 aromatic rings. The van der Waals surface area contributed by atoms with E-state index in [0.29, 0.717) is 5.65 Å². The number of hydrogen-bond acceptors (Lipinski definition) is 3. The van der Waals surface area contributed by atoms with Crippen LogP contribution in [0.25, 0.3) is 33.0 Å². The molecule has 0 amide bonds. The van der Waals surface area contributed by atoms with Crippen LogP contribution in [0.1, 0.15) is 0 Å². The third-order valence-corrected chi connectivity index (χ3v) is 3.09. The first-order chi connectivity index (χ1) is 8.92. The zero-order valence-corrected chi connectivity index (χ0v) is 9.54. The molecular weight excluding hydrogens is 222 g/mol. The third-order valence-electron chi connectivity index (χ3n) is 3.09. The lowest BCUT2D eigenvalue weighted by molar-refractivity contribution is 1.30. The molecule has 0 saturated carbocycles. The van der Waals surface area contributed by atoms with Crippen LogP contribution in [-0.2, 0) is 0 Å². The Kier molecular flexibility index (Phi) is 1.83. The van der Waals surface area contributed by atoms with E-state index in [9.17, 15) is 0 Å². The van der Waals surface area contributed by atoms with Crippen molar-refractivity contribution in [1.82, 2.24) is 15.0 Å². The Morgan fingerprint density at radius 2 is 1.44 bits per heavy atom. The average molecular weight is 231 g/mol. The zero-order chi connectivity index (χ0) is 11.9. The minimum Gasteiger partial charge on any atom is -0.242 e. The first-order valence-corrected chi connectivity index (χ1v) is 5.82. The molecule has 0 N–H and O–H groups in total. The molecule has 0 aliphatic carbocycles. The van der Waals surface area contributed by atoms with Gasteiger partial charge in [-0.2, -0.15) is 0 Å². The minimum absolute atomic E-state index is 0.701. The van der Waals surface area contributed by atoms with Gasteiger partial charge in [-0.1, -0.05) is 36.4 Å². The van der Waals surface area contributed by atoms with E-state index in [1.807, 2.05) is 48.7 Å². The van der Waals surface area contributed by atoms with Crippen LogP contribution in [0.2, 0.25) is 0 Å². The first kappa shape index (κ1) is 9.48. The van der Waals surface area contributed by atoms with Crippen molar-refractivity contribution < 1.29 is 0 Å². The molecule has 2 aromatic carbocycles. The van der Waals surface area contributed by atoms with E-state index in [1.165, 1.54) is 0 Å². The fourth-order valence-electron chi connectivity index (χ4n) is 2.22. The van der Waals surface area contributed by atoms with Crippen LogP contribution >= 0.6 is 0 Å². The first-order valence-electron chi connectivity index (χ1n) is 5.82. The largest absolute Gasteiger partial charge is 0.242 e. The van der Waals surface area contributed by atoms with Gasteiger partial charge in [0.2, 0.25) is 0 Å². The molecule has 0 fully saturated rings. The Bertz CT molecular complexity index is 878. The molecule has 0 aliphatic rings. The van der Waals surface area contributed by atoms with E-state index >= 15 is 0 Å². The molecule has 18 heavy (non-hydrogen) atoms. The van der Waals surface area contributed by atoms with Crippen molar-refractivity contribution in [3.8, 4) is 0 Å². The predicted molar refractivity (Wildman–Crippen MR) is 72.3 cm³/mol. The molecule has 0 atom stereocenters. The van der Waals surface area contributed by atoms with Gasteiger partial charge in [-0.05, 0) is 12.1 Å². The highest BCUT2D eigenvalue weighted by atomic mass is 14.9. The third kappa shape index (κ3) is 1.27. The topological polar surface area (TPSA) is 38.7 Å². The average Bonchev–Trinajstić information content (AvgIpc) is 2.45. The Labute approximate surface area is 103 Å². The quantitative estimate of drug-likeness (QED) is 0.344. The van der Waals surface area contributed by atoms with Gasteiger partial charge < -0.3 is 0 Å². The summed E-state index contributed by atoms with van der Waals surface area (Å²) in [6.45, 7) is 0. The van der Waals surface area contributed by atoms with Gasteiger partial charge >= 0.3 is 0 Å². The van der Waals surface area contributed by atoms with Crippen molar-refractivity contribution in [3.63, 3.8) is 0 Å². The van der Waals surface area contributed by atoms with Crippen LogP contribution in [0.15, 0.2) is 54.7 Å². The summed E-state index contributed by atoms with van der Waals surface area (Å²) in [5.41, 5.74) is 3.36. The lowest BCUT2D eigenvalue weighted by atomic mass is 10.1. The van der Waals surface area contributed by atoms with E-state index < -0.39 is 0 Å². The fraction of sp³-hybridized carbons (Fsp3) is 0. The summed E-state index contributed by atoms with van der Waals surface area (Å²) >= 11 is 0. The second-order valence-corrected chi connectivity index (χ2v) is 4.23. The van der Waals surface area contributed by atoms with E-state index in [2.05, 4.69) is 21.0 Å². The maximum atomic E-state index is 4.68. The smallest absolute Gasteiger partial charge is 0.179 e. The second-order valence-electron chi connectivity index (χ2n) is 4.23. The maximum Gasteiger partial charge on any atom is 0.179 e. The van der Waals surface area contributed by atoms with E-state index in [1.54, 1.807) is 0 Å². The highest BCUT2D eigenvalue weighted by Crippen LogP contribution is 2.22. The van der Waals surface area contributed by atoms with Crippen molar-refractivity contribution in [2.75, 3.05) is 0 Å². The number of para-hydroxylation sites is 2. The molecule has 3 heteroatoms. The van der Waals surface area contributed by atoms with Crippen LogP contribution < -0.4 is 0 Å². The number of benzene rings is 2. The lowest BCUT2D eigenvalue weighted by Crippen LogP contribution is -1.90. The van der Waals surface area contributed by atoms with Crippen LogP contribution in [0.5, 0.6) is 0 Å². The SMILES string of the molecule is c1ccc2c(c1)cnc1nc3ccccc3nc12. The van der Waals surface area contributed by atoms with Gasteiger partial charge in [0.1, 0.15) is 5.52 Å². The molecule has 0 spiro atoms. The van der Waals surface area contributed by atoms with Gasteiger partial charge in [0.15, 0.2) is 5.65 Å². The normalized spacial score (nSPS) is 11.3. The zero-order valence-electron chi connectivity index (χ0n) is 9.54. The van der Waals surface area contributed by atoms with Crippen molar-refractivity contribution in [3.05, 3.63) is 54.7 Å². The standard InChI is InChI=1S/C15H9N3/c1-2-6-11-10(5-1)9-16-15-14(11)17-12-7-3-4-8-13(12)18-15/h1-9H. The summed E-state index contributed by atoms with van der Waals surface area (Å²) < 4.78 is 0. The van der Waals surface area contributed by atoms with Gasteiger partial charge in [0, 0.05) is 17.0 Å². The van der Waals surface area contributed by atoms with Crippen molar-refractivity contribution in [1.29, 1.82) is 0 Å². The highest BCUT2D eigenvalue weighted by Gasteiger charge is 2.05. The lowest BCUT2D eigenvalue weighted by Gasteiger charge is -2.03. The highest BCUT2D eigenvalue weighted by molar-refractivity contribution is 6.03. The fourth-order valence-corrected chi connectivity index (χ4v) is 2.22. The summed E-state index contributed by atoms with van der Waals surface area (Å²) in [6.07, 6.45) is 1.85. The molecule has 84 valence electrons. The predicted octanol–water partition coefficient (Wildman–Crippen LogP) is 3.33. The van der Waals surface area contributed by atoms with E-state index in [0.717, 1.165) is 27.3 Å². The Balaban J connectivity index is 2.27. The second kappa shape index (κ2) is 3.47. The number of aromatic nitrogens is 3. The minimum atomic E-state index is 0.701. The Morgan fingerprint density at radius 3 is 2.33 bits per heavy atom. The number of nitrogens with zero attached hydrogens (tertiary/aromatic N) is 3. The summed E-state index contributed by atoms with van der Waals surface area (Å²) in [7, 11) is 0. The molecule has 3 nitrogen and oxygen atoms in total. The van der Waals surface area contributed by atoms with E-state index in [4.69, 9.17) is 0 Å². The molecule has 0 saturated heterocycles. The number of fused-ring (bicyclic) bond motifs is 4. The summed E-state index contributed by atoms with van der Waals surface area (Å²) in [5, 5.41) is 2.19. The molecule has 0 aliphatic heterocycles. The molecule has 0 unspecified atom stereocenters. The van der Waals surface area contributed by atoms with Gasteiger partial charge in [-0.25, -0.2) is 15.0 Å². The van der Waals surface area contributed by atoms with Gasteiger partial charge in [-0.15, -0.1) is 0 Å².